The molecule has 0 spiro atoms. The van der Waals surface area contributed by atoms with Gasteiger partial charge < -0.3 is 10.1 Å². The first-order valence-corrected chi connectivity index (χ1v) is 6.48. The molecule has 4 heteroatoms. The molecule has 0 saturated heterocycles. The third-order valence-electron chi connectivity index (χ3n) is 3.14. The van der Waals surface area contributed by atoms with E-state index in [0.29, 0.717) is 6.54 Å². The van der Waals surface area contributed by atoms with E-state index in [1.54, 1.807) is 0 Å². The van der Waals surface area contributed by atoms with E-state index in [-0.39, 0.29) is 10.2 Å². The van der Waals surface area contributed by atoms with Crippen molar-refractivity contribution < 1.29 is 9.53 Å². The van der Waals surface area contributed by atoms with Crippen LogP contribution in [0.5, 0.6) is 5.75 Å². The van der Waals surface area contributed by atoms with Crippen molar-refractivity contribution in [3.63, 3.8) is 0 Å². The number of hydrogen-bond donors (Lipinski definition) is 1. The summed E-state index contributed by atoms with van der Waals surface area (Å²) in [7, 11) is 0. The molecule has 0 unspecified atom stereocenters. The van der Waals surface area contributed by atoms with E-state index in [2.05, 4.69) is 47.2 Å². The average molecular weight is 298 g/mol. The van der Waals surface area contributed by atoms with E-state index in [1.807, 2.05) is 6.07 Å². The lowest BCUT2D eigenvalue weighted by Gasteiger charge is -2.25. The second-order valence-electron chi connectivity index (χ2n) is 4.93. The minimum absolute atomic E-state index is 0.0823. The molecule has 0 fully saturated rings. The summed E-state index contributed by atoms with van der Waals surface area (Å²) in [5, 5.41) is 2.80. The number of ether oxygens (including phenoxy) is 1. The van der Waals surface area contributed by atoms with Crippen molar-refractivity contribution in [1.82, 2.24) is 5.32 Å². The number of carbonyl (C=O) groups is 1. The summed E-state index contributed by atoms with van der Waals surface area (Å²) in [6.07, 6.45) is 0.976. The highest BCUT2D eigenvalue weighted by molar-refractivity contribution is 9.18. The summed E-state index contributed by atoms with van der Waals surface area (Å²) < 4.78 is 5.49. The summed E-state index contributed by atoms with van der Waals surface area (Å²) in [5.41, 5.74) is 2.41. The second-order valence-corrected chi connectivity index (χ2v) is 5.65. The van der Waals surface area contributed by atoms with Gasteiger partial charge in [0.25, 0.3) is 4.82 Å². The van der Waals surface area contributed by atoms with Gasteiger partial charge in [0.05, 0.1) is 6.61 Å². The van der Waals surface area contributed by atoms with Crippen molar-refractivity contribution in [1.29, 1.82) is 0 Å². The molecule has 1 aliphatic rings. The molecule has 1 aliphatic heterocycles. The zero-order valence-electron chi connectivity index (χ0n) is 10.0. The Morgan fingerprint density at radius 2 is 2.29 bits per heavy atom. The van der Waals surface area contributed by atoms with Gasteiger partial charge in [-0.25, -0.2) is 0 Å². The highest BCUT2D eigenvalue weighted by Gasteiger charge is 2.23. The number of fused-ring (bicyclic) bond motifs is 1. The first-order valence-electron chi connectivity index (χ1n) is 5.68. The van der Waals surface area contributed by atoms with Crippen LogP contribution in [0.25, 0.3) is 0 Å². The van der Waals surface area contributed by atoms with Gasteiger partial charge in [0.2, 0.25) is 0 Å². The normalized spacial score (nSPS) is 14.1. The van der Waals surface area contributed by atoms with Crippen LogP contribution >= 0.6 is 15.9 Å². The fourth-order valence-electron chi connectivity index (χ4n) is 2.00. The fraction of sp³-hybridized carbons (Fsp3) is 0.462. The highest BCUT2D eigenvalue weighted by Crippen LogP contribution is 2.31. The van der Waals surface area contributed by atoms with Crippen LogP contribution in [0, 0.1) is 0 Å². The molecule has 0 bridgehead atoms. The number of hydrogen-bond acceptors (Lipinski definition) is 2. The van der Waals surface area contributed by atoms with Crippen molar-refractivity contribution in [2.45, 2.75) is 25.7 Å². The smallest absolute Gasteiger partial charge is 0.287 e. The quantitative estimate of drug-likeness (QED) is 0.688. The summed E-state index contributed by atoms with van der Waals surface area (Å²) in [6, 6.07) is 6.28. The number of amides is 1. The first kappa shape index (κ1) is 12.4. The largest absolute Gasteiger partial charge is 0.493 e. The molecule has 1 aromatic carbocycles. The monoisotopic (exact) mass is 297 g/mol. The van der Waals surface area contributed by atoms with Crippen LogP contribution in [0.3, 0.4) is 0 Å². The molecular formula is C13H16BrNO2. The maximum Gasteiger partial charge on any atom is 0.287 e. The van der Waals surface area contributed by atoms with Gasteiger partial charge in [-0.3, -0.25) is 4.79 Å². The Morgan fingerprint density at radius 3 is 3.00 bits per heavy atom. The molecule has 2 rings (SSSR count). The van der Waals surface area contributed by atoms with Gasteiger partial charge in [-0.05, 0) is 17.2 Å². The Hall–Kier alpha value is -1.03. The van der Waals surface area contributed by atoms with Crippen molar-refractivity contribution in [2.75, 3.05) is 13.2 Å². The van der Waals surface area contributed by atoms with Crippen molar-refractivity contribution in [3.05, 3.63) is 29.3 Å². The molecule has 0 aromatic heterocycles. The molecule has 0 saturated carbocycles. The molecule has 1 aromatic rings. The molecule has 3 nitrogen and oxygen atoms in total. The second kappa shape index (κ2) is 4.69. The maximum absolute atomic E-state index is 10.9. The van der Waals surface area contributed by atoms with E-state index in [1.165, 1.54) is 11.1 Å². The maximum atomic E-state index is 10.9. The van der Waals surface area contributed by atoms with Gasteiger partial charge in [-0.1, -0.05) is 26.0 Å². The molecule has 0 aliphatic carbocycles. The van der Waals surface area contributed by atoms with Crippen molar-refractivity contribution in [2.24, 2.45) is 0 Å². The van der Waals surface area contributed by atoms with Crippen LogP contribution in [0.15, 0.2) is 18.2 Å². The Balaban J connectivity index is 2.18. The zero-order valence-corrected chi connectivity index (χ0v) is 11.6. The Labute approximate surface area is 110 Å². The predicted molar refractivity (Wildman–Crippen MR) is 71.0 cm³/mol. The van der Waals surface area contributed by atoms with Crippen LogP contribution in [-0.4, -0.2) is 18.0 Å². The van der Waals surface area contributed by atoms with Gasteiger partial charge in [-0.15, -0.1) is 0 Å². The van der Waals surface area contributed by atoms with E-state index in [0.717, 1.165) is 18.8 Å². The number of carbonyl (C=O) groups excluding carboxylic acids is 1. The summed E-state index contributed by atoms with van der Waals surface area (Å²) in [4.78, 5) is 10.7. The average Bonchev–Trinajstić information content (AvgIpc) is 2.73. The number of rotatable bonds is 3. The van der Waals surface area contributed by atoms with Crippen molar-refractivity contribution in [3.8, 4) is 5.75 Å². The summed E-state index contributed by atoms with van der Waals surface area (Å²) in [6.45, 7) is 5.62. The lowest BCUT2D eigenvalue weighted by molar-refractivity contribution is 0.259. The Kier molecular flexibility index (Phi) is 3.43. The van der Waals surface area contributed by atoms with E-state index < -0.39 is 0 Å². The van der Waals surface area contributed by atoms with Crippen LogP contribution < -0.4 is 10.1 Å². The van der Waals surface area contributed by atoms with Crippen LogP contribution in [0.4, 0.5) is 4.79 Å². The van der Waals surface area contributed by atoms with Gasteiger partial charge >= 0.3 is 0 Å². The van der Waals surface area contributed by atoms with Gasteiger partial charge in [-0.2, -0.15) is 0 Å². The molecule has 17 heavy (non-hydrogen) atoms. The molecule has 1 heterocycles. The summed E-state index contributed by atoms with van der Waals surface area (Å²) >= 11 is 2.88. The fourth-order valence-corrected chi connectivity index (χ4v) is 2.14. The SMILES string of the molecule is CC(C)(CNC(=O)Br)c1ccc2c(c1)CCO2. The molecule has 1 N–H and O–H groups in total. The predicted octanol–water partition coefficient (Wildman–Crippen LogP) is 3.00. The lowest BCUT2D eigenvalue weighted by Crippen LogP contribution is -2.34. The van der Waals surface area contributed by atoms with E-state index in [4.69, 9.17) is 4.74 Å². The van der Waals surface area contributed by atoms with Crippen LogP contribution in [-0.2, 0) is 11.8 Å². The standard InChI is InChI=1S/C13H16BrNO2/c1-13(2,8-15-12(14)16)10-3-4-11-9(7-10)5-6-17-11/h3-4,7H,5-6,8H2,1-2H3,(H,15,16). The topological polar surface area (TPSA) is 38.3 Å². The molecule has 0 atom stereocenters. The van der Waals surface area contributed by atoms with E-state index >= 15 is 0 Å². The molecule has 0 radical (unpaired) electrons. The Bertz CT molecular complexity index is 443. The Morgan fingerprint density at radius 1 is 1.53 bits per heavy atom. The number of benzene rings is 1. The molecular weight excluding hydrogens is 282 g/mol. The third kappa shape index (κ3) is 2.80. The lowest BCUT2D eigenvalue weighted by atomic mass is 9.83. The van der Waals surface area contributed by atoms with Crippen LogP contribution in [0.1, 0.15) is 25.0 Å². The first-order chi connectivity index (χ1) is 7.99. The van der Waals surface area contributed by atoms with Crippen LogP contribution in [0.2, 0.25) is 0 Å². The van der Waals surface area contributed by atoms with Gasteiger partial charge in [0, 0.05) is 34.3 Å². The van der Waals surface area contributed by atoms with Gasteiger partial charge in [0.15, 0.2) is 0 Å². The van der Waals surface area contributed by atoms with E-state index in [9.17, 15) is 4.79 Å². The summed E-state index contributed by atoms with van der Waals surface area (Å²) in [5.74, 6) is 0.995. The van der Waals surface area contributed by atoms with Gasteiger partial charge in [0.1, 0.15) is 5.75 Å². The highest BCUT2D eigenvalue weighted by atomic mass is 79.9. The minimum Gasteiger partial charge on any atom is -0.493 e. The number of halogens is 1. The molecule has 92 valence electrons. The zero-order chi connectivity index (χ0) is 12.5. The van der Waals surface area contributed by atoms with Crippen molar-refractivity contribution >= 4 is 20.7 Å². The minimum atomic E-state index is -0.171. The molecule has 1 amide bonds. The third-order valence-corrected chi connectivity index (χ3v) is 3.42. The number of nitrogens with one attached hydrogen (secondary N) is 1.